The van der Waals surface area contributed by atoms with Crippen molar-refractivity contribution in [2.45, 2.75) is 70.8 Å². The fraction of sp³-hybridized carbons (Fsp3) is 0.867. The third kappa shape index (κ3) is 2.99. The molecule has 1 atom stereocenters. The van der Waals surface area contributed by atoms with Gasteiger partial charge in [-0.15, -0.1) is 0 Å². The van der Waals surface area contributed by atoms with Gasteiger partial charge in [-0.05, 0) is 31.1 Å². The molecule has 0 radical (unpaired) electrons. The Bertz CT molecular complexity index is 327. The minimum absolute atomic E-state index is 0.0153. The quantitative estimate of drug-likeness (QED) is 0.795. The van der Waals surface area contributed by atoms with Crippen molar-refractivity contribution < 1.29 is 14.7 Å². The van der Waals surface area contributed by atoms with Gasteiger partial charge in [0.1, 0.15) is 0 Å². The Labute approximate surface area is 115 Å². The normalized spacial score (nSPS) is 24.8. The third-order valence-electron chi connectivity index (χ3n) is 4.80. The lowest BCUT2D eigenvalue weighted by Gasteiger charge is -2.44. The Hall–Kier alpha value is -0.900. The monoisotopic (exact) mass is 267 g/mol. The predicted molar refractivity (Wildman–Crippen MR) is 72.4 cm³/mol. The van der Waals surface area contributed by atoms with Crippen LogP contribution in [-0.2, 0) is 9.59 Å². The Kier molecular flexibility index (Phi) is 4.61. The number of carbonyl (C=O) groups is 2. The fourth-order valence-electron chi connectivity index (χ4n) is 3.74. The highest BCUT2D eigenvalue weighted by molar-refractivity contribution is 5.99. The number of aliphatic hydroxyl groups is 1. The van der Waals surface area contributed by atoms with Crippen LogP contribution in [0.15, 0.2) is 0 Å². The first kappa shape index (κ1) is 14.5. The maximum Gasteiger partial charge on any atom is 0.229 e. The van der Waals surface area contributed by atoms with Crippen molar-refractivity contribution in [1.82, 2.24) is 4.90 Å². The van der Waals surface area contributed by atoms with Crippen LogP contribution in [0.3, 0.4) is 0 Å². The van der Waals surface area contributed by atoms with Crippen molar-refractivity contribution >= 4 is 11.8 Å². The number of hydrogen-bond acceptors (Lipinski definition) is 3. The van der Waals surface area contributed by atoms with E-state index in [0.717, 1.165) is 32.1 Å². The van der Waals surface area contributed by atoms with Gasteiger partial charge in [0, 0.05) is 25.5 Å². The topological polar surface area (TPSA) is 57.6 Å². The summed E-state index contributed by atoms with van der Waals surface area (Å²) in [4.78, 5) is 26.2. The van der Waals surface area contributed by atoms with Gasteiger partial charge in [-0.1, -0.05) is 26.2 Å². The number of amides is 2. The van der Waals surface area contributed by atoms with Crippen LogP contribution in [0.4, 0.5) is 0 Å². The molecular formula is C15H25NO3. The van der Waals surface area contributed by atoms with Gasteiger partial charge >= 0.3 is 0 Å². The summed E-state index contributed by atoms with van der Waals surface area (Å²) >= 11 is 0. The lowest BCUT2D eigenvalue weighted by Crippen LogP contribution is -2.52. The second kappa shape index (κ2) is 6.04. The van der Waals surface area contributed by atoms with Gasteiger partial charge in [-0.25, -0.2) is 0 Å². The summed E-state index contributed by atoms with van der Waals surface area (Å²) in [5.41, 5.74) is -0.0412. The first-order valence-electron chi connectivity index (χ1n) is 7.57. The molecule has 0 aromatic carbocycles. The summed E-state index contributed by atoms with van der Waals surface area (Å²) in [5.74, 6) is -0.0306. The Balaban J connectivity index is 2.10. The van der Waals surface area contributed by atoms with Crippen molar-refractivity contribution in [3.63, 3.8) is 0 Å². The molecule has 1 N–H and O–H groups in total. The van der Waals surface area contributed by atoms with Gasteiger partial charge < -0.3 is 5.11 Å². The smallest absolute Gasteiger partial charge is 0.229 e. The molecule has 0 aromatic heterocycles. The molecule has 1 spiro atoms. The van der Waals surface area contributed by atoms with Crippen molar-refractivity contribution in [2.75, 3.05) is 6.61 Å². The largest absolute Gasteiger partial charge is 0.396 e. The van der Waals surface area contributed by atoms with E-state index in [1.165, 1.54) is 11.3 Å². The van der Waals surface area contributed by atoms with Gasteiger partial charge in [0.05, 0.1) is 0 Å². The predicted octanol–water partition coefficient (Wildman–Crippen LogP) is 2.25. The molecule has 1 unspecified atom stereocenters. The molecule has 1 saturated heterocycles. The molecule has 0 bridgehead atoms. The first-order chi connectivity index (χ1) is 9.12. The fourth-order valence-corrected chi connectivity index (χ4v) is 3.74. The van der Waals surface area contributed by atoms with Gasteiger partial charge in [0.2, 0.25) is 11.8 Å². The number of imide groups is 1. The number of carbonyl (C=O) groups excluding carboxylic acids is 2. The molecule has 2 fully saturated rings. The van der Waals surface area contributed by atoms with Crippen LogP contribution in [-0.4, -0.2) is 34.5 Å². The minimum Gasteiger partial charge on any atom is -0.396 e. The minimum atomic E-state index is -0.119. The average Bonchev–Trinajstić information content (AvgIpc) is 2.37. The summed E-state index contributed by atoms with van der Waals surface area (Å²) in [5, 5.41) is 9.06. The summed E-state index contributed by atoms with van der Waals surface area (Å²) < 4.78 is 0. The van der Waals surface area contributed by atoms with E-state index in [-0.39, 0.29) is 29.9 Å². The summed E-state index contributed by atoms with van der Waals surface area (Å²) in [6, 6.07) is -0.119. The molecular weight excluding hydrogens is 242 g/mol. The highest BCUT2D eigenvalue weighted by atomic mass is 16.3. The van der Waals surface area contributed by atoms with E-state index >= 15 is 0 Å². The zero-order chi connectivity index (χ0) is 13.9. The SMILES string of the molecule is CCC(CCO)N1C(=O)CC2(CCCCC2)CC1=O. The van der Waals surface area contributed by atoms with Crippen molar-refractivity contribution in [3.05, 3.63) is 0 Å². The number of aliphatic hydroxyl groups excluding tert-OH is 1. The lowest BCUT2D eigenvalue weighted by atomic mass is 9.67. The van der Waals surface area contributed by atoms with E-state index in [9.17, 15) is 9.59 Å². The Morgan fingerprint density at radius 3 is 2.21 bits per heavy atom. The average molecular weight is 267 g/mol. The third-order valence-corrected chi connectivity index (χ3v) is 4.80. The molecule has 4 heteroatoms. The van der Waals surface area contributed by atoms with E-state index in [2.05, 4.69) is 0 Å². The standard InChI is InChI=1S/C15H25NO3/c1-2-12(6-9-17)16-13(18)10-15(11-14(16)19)7-4-3-5-8-15/h12,17H,2-11H2,1H3. The van der Waals surface area contributed by atoms with E-state index < -0.39 is 0 Å². The lowest BCUT2D eigenvalue weighted by molar-refractivity contribution is -0.158. The van der Waals surface area contributed by atoms with Gasteiger partial charge in [-0.3, -0.25) is 14.5 Å². The zero-order valence-corrected chi connectivity index (χ0v) is 11.9. The molecule has 2 rings (SSSR count). The van der Waals surface area contributed by atoms with E-state index in [1.807, 2.05) is 6.92 Å². The second-order valence-corrected chi connectivity index (χ2v) is 6.15. The zero-order valence-electron chi connectivity index (χ0n) is 11.9. The first-order valence-corrected chi connectivity index (χ1v) is 7.57. The van der Waals surface area contributed by atoms with Crippen LogP contribution < -0.4 is 0 Å². The number of piperidine rings is 1. The van der Waals surface area contributed by atoms with E-state index in [0.29, 0.717) is 19.3 Å². The van der Waals surface area contributed by atoms with Crippen LogP contribution in [0.5, 0.6) is 0 Å². The summed E-state index contributed by atoms with van der Waals surface area (Å²) in [7, 11) is 0. The number of rotatable bonds is 4. The van der Waals surface area contributed by atoms with E-state index in [4.69, 9.17) is 5.11 Å². The molecule has 1 aliphatic heterocycles. The Morgan fingerprint density at radius 2 is 1.74 bits per heavy atom. The summed E-state index contributed by atoms with van der Waals surface area (Å²) in [6.45, 7) is 1.99. The molecule has 108 valence electrons. The number of nitrogens with zero attached hydrogens (tertiary/aromatic N) is 1. The number of likely N-dealkylation sites (tertiary alicyclic amines) is 1. The van der Waals surface area contributed by atoms with E-state index in [1.54, 1.807) is 0 Å². The molecule has 1 saturated carbocycles. The number of hydrogen-bond donors (Lipinski definition) is 1. The molecule has 0 aromatic rings. The van der Waals surface area contributed by atoms with Crippen LogP contribution in [0.2, 0.25) is 0 Å². The summed E-state index contributed by atoms with van der Waals surface area (Å²) in [6.07, 6.45) is 7.86. The highest BCUT2D eigenvalue weighted by Gasteiger charge is 2.45. The van der Waals surface area contributed by atoms with Crippen LogP contribution >= 0.6 is 0 Å². The molecule has 19 heavy (non-hydrogen) atoms. The molecule has 2 amide bonds. The Morgan fingerprint density at radius 1 is 1.16 bits per heavy atom. The van der Waals surface area contributed by atoms with Crippen LogP contribution in [0.25, 0.3) is 0 Å². The molecule has 1 heterocycles. The van der Waals surface area contributed by atoms with Gasteiger partial charge in [0.15, 0.2) is 0 Å². The highest BCUT2D eigenvalue weighted by Crippen LogP contribution is 2.45. The van der Waals surface area contributed by atoms with Gasteiger partial charge in [0.25, 0.3) is 0 Å². The van der Waals surface area contributed by atoms with Crippen LogP contribution in [0, 0.1) is 5.41 Å². The second-order valence-electron chi connectivity index (χ2n) is 6.15. The maximum absolute atomic E-state index is 12.4. The van der Waals surface area contributed by atoms with Crippen molar-refractivity contribution in [3.8, 4) is 0 Å². The maximum atomic E-state index is 12.4. The van der Waals surface area contributed by atoms with Crippen LogP contribution in [0.1, 0.15) is 64.7 Å². The van der Waals surface area contributed by atoms with Crippen molar-refractivity contribution in [2.24, 2.45) is 5.41 Å². The van der Waals surface area contributed by atoms with Crippen molar-refractivity contribution in [1.29, 1.82) is 0 Å². The molecule has 1 aliphatic carbocycles. The van der Waals surface area contributed by atoms with Gasteiger partial charge in [-0.2, -0.15) is 0 Å². The molecule has 2 aliphatic rings. The molecule has 4 nitrogen and oxygen atoms in total.